The zero-order chi connectivity index (χ0) is 18.4. The molecule has 2 nitrogen and oxygen atoms in total. The first-order valence-corrected chi connectivity index (χ1v) is 7.01. The van der Waals surface area contributed by atoms with Gasteiger partial charge in [0.05, 0.1) is 11.5 Å². The van der Waals surface area contributed by atoms with Gasteiger partial charge in [0, 0.05) is 11.5 Å². The van der Waals surface area contributed by atoms with E-state index in [-0.39, 0.29) is 0 Å². The smallest absolute Gasteiger partial charge is 0.310 e. The van der Waals surface area contributed by atoms with Crippen LogP contribution >= 0.6 is 0 Å². The highest BCUT2D eigenvalue weighted by Crippen LogP contribution is 2.60. The molecule has 1 aromatic carbocycles. The van der Waals surface area contributed by atoms with Crippen LogP contribution in [0.2, 0.25) is 0 Å². The molecule has 0 amide bonds. The molecular weight excluding hydrogens is 338 g/mol. The number of rotatable bonds is 4. The molecule has 24 heavy (non-hydrogen) atoms. The fourth-order valence-electron chi connectivity index (χ4n) is 2.72. The van der Waals surface area contributed by atoms with Crippen molar-refractivity contribution in [3.8, 4) is 0 Å². The number of hydrogen-bond acceptors (Lipinski definition) is 2. The second kappa shape index (κ2) is 6.14. The Bertz CT molecular complexity index is 693. The minimum absolute atomic E-state index is 0.609. The van der Waals surface area contributed by atoms with Crippen LogP contribution < -0.4 is 0 Å². The quantitative estimate of drug-likeness (QED) is 0.448. The highest BCUT2D eigenvalue weighted by molar-refractivity contribution is 5.78. The predicted molar refractivity (Wildman–Crippen MR) is 71.9 cm³/mol. The third kappa shape index (κ3) is 3.01. The van der Waals surface area contributed by atoms with Crippen LogP contribution in [0, 0.1) is 47.4 Å². The number of esters is 1. The molecule has 132 valence electrons. The maximum Gasteiger partial charge on any atom is 0.310 e. The van der Waals surface area contributed by atoms with Crippen LogP contribution in [0.5, 0.6) is 0 Å². The van der Waals surface area contributed by atoms with E-state index in [2.05, 4.69) is 4.74 Å². The molecule has 0 bridgehead atoms. The molecule has 1 aliphatic carbocycles. The number of halogens is 6. The number of carbonyl (C=O) groups excluding carboxylic acids is 1. The van der Waals surface area contributed by atoms with Crippen molar-refractivity contribution < 1.29 is 35.9 Å². The lowest BCUT2D eigenvalue weighted by molar-refractivity contribution is -0.147. The minimum atomic E-state index is -1.96. The summed E-state index contributed by atoms with van der Waals surface area (Å²) in [7, 11) is 0. The normalized spacial score (nSPS) is 21.4. The first-order valence-electron chi connectivity index (χ1n) is 7.01. The summed E-state index contributed by atoms with van der Waals surface area (Å²) in [4.78, 5) is 11.9. The standard InChI is InChI=1S/C16H14F6O2/c1-6-11(19)13(21)7(14(22)12(6)20)5-24-15(23)10-8(4-9(17)18)16(10,2)3/h4,8,10H,5H2,1-3H3. The minimum Gasteiger partial charge on any atom is -0.460 e. The molecule has 0 aliphatic heterocycles. The Balaban J connectivity index is 2.16. The van der Waals surface area contributed by atoms with Crippen LogP contribution in [-0.4, -0.2) is 5.97 Å². The van der Waals surface area contributed by atoms with Crippen LogP contribution in [-0.2, 0) is 16.1 Å². The van der Waals surface area contributed by atoms with Crippen molar-refractivity contribution in [2.24, 2.45) is 17.3 Å². The van der Waals surface area contributed by atoms with Crippen molar-refractivity contribution in [3.05, 3.63) is 46.6 Å². The topological polar surface area (TPSA) is 26.3 Å². The van der Waals surface area contributed by atoms with Crippen LogP contribution in [0.3, 0.4) is 0 Å². The molecule has 0 saturated heterocycles. The summed E-state index contributed by atoms with van der Waals surface area (Å²) in [6, 6.07) is 0. The predicted octanol–water partition coefficient (Wildman–Crippen LogP) is 4.65. The highest BCUT2D eigenvalue weighted by atomic mass is 19.3. The van der Waals surface area contributed by atoms with E-state index >= 15 is 0 Å². The Morgan fingerprint density at radius 3 is 2.04 bits per heavy atom. The lowest BCUT2D eigenvalue weighted by Crippen LogP contribution is -2.14. The van der Waals surface area contributed by atoms with Gasteiger partial charge in [0.25, 0.3) is 6.08 Å². The molecule has 0 N–H and O–H groups in total. The largest absolute Gasteiger partial charge is 0.460 e. The number of benzene rings is 1. The van der Waals surface area contributed by atoms with Crippen LogP contribution in [0.25, 0.3) is 0 Å². The van der Waals surface area contributed by atoms with Gasteiger partial charge in [0.2, 0.25) is 0 Å². The molecule has 1 saturated carbocycles. The van der Waals surface area contributed by atoms with Crippen LogP contribution in [0.15, 0.2) is 12.2 Å². The van der Waals surface area contributed by atoms with Gasteiger partial charge >= 0.3 is 5.97 Å². The maximum atomic E-state index is 13.7. The maximum absolute atomic E-state index is 13.7. The van der Waals surface area contributed by atoms with Crippen molar-refractivity contribution in [1.29, 1.82) is 0 Å². The molecule has 0 radical (unpaired) electrons. The number of ether oxygens (including phenoxy) is 1. The Morgan fingerprint density at radius 2 is 1.58 bits per heavy atom. The number of hydrogen-bond donors (Lipinski definition) is 0. The zero-order valence-corrected chi connectivity index (χ0v) is 13.0. The first kappa shape index (κ1) is 18.4. The van der Waals surface area contributed by atoms with Gasteiger partial charge in [-0.05, 0) is 18.4 Å². The number of allylic oxidation sites excluding steroid dienone is 1. The van der Waals surface area contributed by atoms with E-state index in [9.17, 15) is 31.1 Å². The summed E-state index contributed by atoms with van der Waals surface area (Å²) < 4.78 is 83.6. The lowest BCUT2D eigenvalue weighted by atomic mass is 10.1. The number of carbonyl (C=O) groups is 1. The molecule has 2 unspecified atom stereocenters. The van der Waals surface area contributed by atoms with Crippen molar-refractivity contribution in [1.82, 2.24) is 0 Å². The molecule has 1 fully saturated rings. The van der Waals surface area contributed by atoms with Gasteiger partial charge in [-0.15, -0.1) is 0 Å². The second-order valence-electron chi connectivity index (χ2n) is 6.25. The van der Waals surface area contributed by atoms with Crippen LogP contribution in [0.1, 0.15) is 25.0 Å². The monoisotopic (exact) mass is 352 g/mol. The molecule has 0 spiro atoms. The van der Waals surface area contributed by atoms with E-state index in [1.165, 1.54) is 0 Å². The third-order valence-electron chi connectivity index (χ3n) is 4.40. The summed E-state index contributed by atoms with van der Waals surface area (Å²) >= 11 is 0. The lowest BCUT2D eigenvalue weighted by Gasteiger charge is -2.10. The summed E-state index contributed by atoms with van der Waals surface area (Å²) in [6.07, 6.45) is -1.35. The molecule has 0 aromatic heterocycles. The molecular formula is C16H14F6O2. The highest BCUT2D eigenvalue weighted by Gasteiger charge is 2.62. The molecule has 8 heteroatoms. The van der Waals surface area contributed by atoms with E-state index in [0.717, 1.165) is 6.92 Å². The summed E-state index contributed by atoms with van der Waals surface area (Å²) in [5.74, 6) is -9.14. The average Bonchev–Trinajstić information content (AvgIpc) is 3.02. The Labute approximate surface area is 134 Å². The van der Waals surface area contributed by atoms with Crippen molar-refractivity contribution in [2.45, 2.75) is 27.4 Å². The van der Waals surface area contributed by atoms with Gasteiger partial charge in [0.15, 0.2) is 23.3 Å². The van der Waals surface area contributed by atoms with E-state index in [0.29, 0.717) is 6.08 Å². The van der Waals surface area contributed by atoms with E-state index in [1.54, 1.807) is 13.8 Å². The fraction of sp³-hybridized carbons (Fsp3) is 0.438. The molecule has 2 atom stereocenters. The van der Waals surface area contributed by atoms with Crippen LogP contribution in [0.4, 0.5) is 26.3 Å². The summed E-state index contributed by atoms with van der Waals surface area (Å²) in [5.41, 5.74) is -2.69. The van der Waals surface area contributed by atoms with Gasteiger partial charge in [-0.25, -0.2) is 17.6 Å². The van der Waals surface area contributed by atoms with Gasteiger partial charge in [-0.1, -0.05) is 13.8 Å². The SMILES string of the molecule is Cc1c(F)c(F)c(COC(=O)C2C(C=C(F)F)C2(C)C)c(F)c1F. The summed E-state index contributed by atoms with van der Waals surface area (Å²) in [6.45, 7) is 2.93. The second-order valence-corrected chi connectivity index (χ2v) is 6.25. The molecule has 0 heterocycles. The molecule has 1 aromatic rings. The molecule has 1 aliphatic rings. The van der Waals surface area contributed by atoms with Gasteiger partial charge in [-0.2, -0.15) is 8.78 Å². The third-order valence-corrected chi connectivity index (χ3v) is 4.40. The van der Waals surface area contributed by atoms with Gasteiger partial charge in [-0.3, -0.25) is 4.79 Å². The Hall–Kier alpha value is -1.99. The van der Waals surface area contributed by atoms with Crippen molar-refractivity contribution >= 4 is 5.97 Å². The molecule has 2 rings (SSSR count). The van der Waals surface area contributed by atoms with Gasteiger partial charge in [0.1, 0.15) is 6.61 Å². The van der Waals surface area contributed by atoms with Gasteiger partial charge < -0.3 is 4.74 Å². The zero-order valence-electron chi connectivity index (χ0n) is 13.0. The van der Waals surface area contributed by atoms with E-state index in [4.69, 9.17) is 0 Å². The Morgan fingerprint density at radius 1 is 1.08 bits per heavy atom. The first-order chi connectivity index (χ1) is 11.0. The Kier molecular flexibility index (Phi) is 4.70. The van der Waals surface area contributed by atoms with E-state index in [1.807, 2.05) is 0 Å². The average molecular weight is 352 g/mol. The van der Waals surface area contributed by atoms with Crippen molar-refractivity contribution in [2.75, 3.05) is 0 Å². The van der Waals surface area contributed by atoms with E-state index < -0.39 is 70.3 Å². The van der Waals surface area contributed by atoms with Crippen molar-refractivity contribution in [3.63, 3.8) is 0 Å². The fourth-order valence-corrected chi connectivity index (χ4v) is 2.72. The summed E-state index contributed by atoms with van der Waals surface area (Å²) in [5, 5.41) is 0.